The zero-order chi connectivity index (χ0) is 11.1. The van der Waals surface area contributed by atoms with E-state index in [0.29, 0.717) is 12.1 Å². The van der Waals surface area contributed by atoms with E-state index in [-0.39, 0.29) is 45.3 Å². The van der Waals surface area contributed by atoms with Crippen LogP contribution < -0.4 is 16.4 Å². The molecule has 6 heteroatoms. The van der Waals surface area contributed by atoms with Gasteiger partial charge in [0.1, 0.15) is 0 Å². The molecular formula is C10H12N3O2Y-. The molecule has 0 aromatic heterocycles. The van der Waals surface area contributed by atoms with Crippen LogP contribution in [0.1, 0.15) is 15.9 Å². The number of rotatable bonds is 5. The molecule has 0 aliphatic carbocycles. The fraction of sp³-hybridized carbons (Fsp3) is 0.200. The maximum Gasteiger partial charge on any atom is 0.252 e. The predicted molar refractivity (Wildman–Crippen MR) is 55.5 cm³/mol. The Kier molecular flexibility index (Phi) is 7.98. The number of hydrogen-bond acceptors (Lipinski definition) is 3. The van der Waals surface area contributed by atoms with Crippen LogP contribution in [0.25, 0.3) is 0 Å². The van der Waals surface area contributed by atoms with E-state index in [9.17, 15) is 9.59 Å². The van der Waals surface area contributed by atoms with Crippen molar-refractivity contribution in [3.63, 3.8) is 0 Å². The summed E-state index contributed by atoms with van der Waals surface area (Å²) in [5.41, 5.74) is 6.62. The molecule has 1 aromatic rings. The van der Waals surface area contributed by atoms with E-state index < -0.39 is 0 Å². The summed E-state index contributed by atoms with van der Waals surface area (Å²) in [6.07, 6.45) is 1.58. The van der Waals surface area contributed by atoms with Crippen LogP contribution in [0.15, 0.2) is 24.3 Å². The van der Waals surface area contributed by atoms with Gasteiger partial charge in [-0.2, -0.15) is 6.41 Å². The van der Waals surface area contributed by atoms with Crippen LogP contribution in [0.2, 0.25) is 0 Å². The van der Waals surface area contributed by atoms with Gasteiger partial charge in [0.15, 0.2) is 0 Å². The molecule has 0 atom stereocenters. The molecule has 0 aliphatic rings. The summed E-state index contributed by atoms with van der Waals surface area (Å²) < 4.78 is 0. The Morgan fingerprint density at radius 3 is 2.44 bits per heavy atom. The Bertz CT molecular complexity index is 340. The van der Waals surface area contributed by atoms with Crippen LogP contribution >= 0.6 is 0 Å². The summed E-state index contributed by atoms with van der Waals surface area (Å²) in [6, 6.07) is 6.87. The first kappa shape index (κ1) is 15.2. The van der Waals surface area contributed by atoms with E-state index in [2.05, 4.69) is 10.6 Å². The number of carbonyl (C=O) groups excluding carboxylic acids is 2. The molecule has 1 radical (unpaired) electrons. The van der Waals surface area contributed by atoms with Gasteiger partial charge in [0, 0.05) is 44.8 Å². The quantitative estimate of drug-likeness (QED) is 0.388. The summed E-state index contributed by atoms with van der Waals surface area (Å²) in [7, 11) is 0. The molecule has 0 saturated carbocycles. The van der Waals surface area contributed by atoms with Crippen LogP contribution in [0.5, 0.6) is 0 Å². The number of carbonyl (C=O) groups is 1. The Hall–Kier alpha value is -0.776. The fourth-order valence-electron chi connectivity index (χ4n) is 1.11. The van der Waals surface area contributed by atoms with Crippen molar-refractivity contribution < 1.29 is 42.3 Å². The number of nitrogens with one attached hydrogen (secondary N) is 2. The summed E-state index contributed by atoms with van der Waals surface area (Å²) in [6.45, 7) is 0.518. The van der Waals surface area contributed by atoms with Crippen molar-refractivity contribution in [1.29, 1.82) is 0 Å². The summed E-state index contributed by atoms with van der Waals surface area (Å²) in [5.74, 6) is -0.209. The maximum absolute atomic E-state index is 11.3. The van der Waals surface area contributed by atoms with Crippen LogP contribution in [0.4, 0.5) is 0 Å². The van der Waals surface area contributed by atoms with Crippen LogP contribution in [0.3, 0.4) is 0 Å². The van der Waals surface area contributed by atoms with Gasteiger partial charge < -0.3 is 21.2 Å². The minimum absolute atomic E-state index is 0. The van der Waals surface area contributed by atoms with Gasteiger partial charge in [-0.3, -0.25) is 4.79 Å². The van der Waals surface area contributed by atoms with E-state index in [1.165, 1.54) is 0 Å². The van der Waals surface area contributed by atoms with Gasteiger partial charge in [0.2, 0.25) is 0 Å². The number of benzene rings is 1. The zero-order valence-corrected chi connectivity index (χ0v) is 11.5. The molecule has 2 amide bonds. The first-order valence-corrected chi connectivity index (χ1v) is 4.45. The fourth-order valence-corrected chi connectivity index (χ4v) is 1.11. The normalized spacial score (nSPS) is 8.81. The van der Waals surface area contributed by atoms with Crippen molar-refractivity contribution in [1.82, 2.24) is 10.6 Å². The van der Waals surface area contributed by atoms with Crippen molar-refractivity contribution in [2.24, 2.45) is 5.73 Å². The second-order valence-corrected chi connectivity index (χ2v) is 2.86. The average Bonchev–Trinajstić information content (AvgIpc) is 2.27. The summed E-state index contributed by atoms with van der Waals surface area (Å²) in [4.78, 5) is 21.2. The number of hydrogen-bond donors (Lipinski definition) is 3. The van der Waals surface area contributed by atoms with Gasteiger partial charge >= 0.3 is 0 Å². The van der Waals surface area contributed by atoms with E-state index in [1.54, 1.807) is 30.7 Å². The topological polar surface area (TPSA) is 84.2 Å². The third-order valence-corrected chi connectivity index (χ3v) is 1.84. The third-order valence-electron chi connectivity index (χ3n) is 1.84. The van der Waals surface area contributed by atoms with Gasteiger partial charge in [-0.1, -0.05) is 12.1 Å². The van der Waals surface area contributed by atoms with Crippen LogP contribution in [-0.4, -0.2) is 19.0 Å². The molecule has 0 fully saturated rings. The number of amides is 2. The molecular weight excluding hydrogens is 283 g/mol. The van der Waals surface area contributed by atoms with E-state index in [1.807, 2.05) is 0 Å². The Balaban J connectivity index is 0.00000225. The van der Waals surface area contributed by atoms with E-state index >= 15 is 0 Å². The second-order valence-electron chi connectivity index (χ2n) is 2.86. The van der Waals surface area contributed by atoms with E-state index in [0.717, 1.165) is 5.56 Å². The van der Waals surface area contributed by atoms with Crippen LogP contribution in [0, 0.1) is 0 Å². The molecule has 4 N–H and O–H groups in total. The molecule has 5 nitrogen and oxygen atoms in total. The van der Waals surface area contributed by atoms with Gasteiger partial charge in [-0.05, 0) is 17.7 Å². The standard InChI is InChI=1S/C10H12N3O2.Y/c11-6-13-10(15)9-3-1-8(2-4-9)5-12-7-14;/h1-4H,5-6,11H2,(H,12,14)(H,13,15);/q-1;. The van der Waals surface area contributed by atoms with Gasteiger partial charge in [-0.25, -0.2) is 0 Å². The molecule has 0 spiro atoms. The Morgan fingerprint density at radius 1 is 1.31 bits per heavy atom. The van der Waals surface area contributed by atoms with Crippen molar-refractivity contribution in [2.45, 2.75) is 6.54 Å². The van der Waals surface area contributed by atoms with Gasteiger partial charge in [-0.15, -0.1) is 0 Å². The molecule has 1 aromatic carbocycles. The monoisotopic (exact) mass is 295 g/mol. The van der Waals surface area contributed by atoms with E-state index in [4.69, 9.17) is 5.73 Å². The minimum Gasteiger partial charge on any atom is -0.526 e. The first-order valence-electron chi connectivity index (χ1n) is 4.45. The third kappa shape index (κ3) is 4.83. The van der Waals surface area contributed by atoms with Crippen molar-refractivity contribution in [2.75, 3.05) is 6.67 Å². The molecule has 0 bridgehead atoms. The van der Waals surface area contributed by atoms with Crippen molar-refractivity contribution in [3.8, 4) is 0 Å². The number of nitrogens with two attached hydrogens (primary N) is 1. The molecule has 83 valence electrons. The maximum atomic E-state index is 11.3. The Morgan fingerprint density at radius 2 is 1.94 bits per heavy atom. The second kappa shape index (κ2) is 8.38. The first-order chi connectivity index (χ1) is 7.27. The minimum atomic E-state index is -0.209. The molecule has 0 unspecified atom stereocenters. The molecule has 0 saturated heterocycles. The summed E-state index contributed by atoms with van der Waals surface area (Å²) >= 11 is 0. The molecule has 16 heavy (non-hydrogen) atoms. The summed E-state index contributed by atoms with van der Waals surface area (Å²) in [5, 5.41) is 4.90. The molecule has 0 aliphatic heterocycles. The van der Waals surface area contributed by atoms with Gasteiger partial charge in [0.05, 0.1) is 6.67 Å². The van der Waals surface area contributed by atoms with Crippen molar-refractivity contribution >= 4 is 12.3 Å². The van der Waals surface area contributed by atoms with Crippen molar-refractivity contribution in [3.05, 3.63) is 35.4 Å². The smallest absolute Gasteiger partial charge is 0.252 e. The molecule has 0 heterocycles. The molecule has 1 rings (SSSR count). The SMILES string of the molecule is NCNC(=O)c1ccc(CN[C-]=O)cc1.[Y]. The Labute approximate surface area is 119 Å². The zero-order valence-electron chi connectivity index (χ0n) is 8.69. The average molecular weight is 295 g/mol. The predicted octanol–water partition coefficient (Wildman–Crippen LogP) is -0.513. The van der Waals surface area contributed by atoms with Gasteiger partial charge in [0.25, 0.3) is 5.91 Å². The van der Waals surface area contributed by atoms with Crippen LogP contribution in [-0.2, 0) is 44.0 Å². The largest absolute Gasteiger partial charge is 0.526 e.